The molecule has 0 saturated carbocycles. The van der Waals surface area contributed by atoms with E-state index in [0.717, 1.165) is 6.42 Å². The normalized spacial score (nSPS) is 11.9. The van der Waals surface area contributed by atoms with Crippen LogP contribution >= 0.6 is 0 Å². The quantitative estimate of drug-likeness (QED) is 0.618. The van der Waals surface area contributed by atoms with Gasteiger partial charge in [0.1, 0.15) is 0 Å². The molecule has 2 aromatic rings. The van der Waals surface area contributed by atoms with Crippen molar-refractivity contribution in [1.29, 1.82) is 0 Å². The molecule has 0 bridgehead atoms. The number of benzene rings is 2. The Morgan fingerprint density at radius 1 is 0.818 bits per heavy atom. The van der Waals surface area contributed by atoms with Crippen molar-refractivity contribution >= 4 is 0 Å². The molecule has 2 aromatic carbocycles. The molecule has 0 amide bonds. The fourth-order valence-corrected chi connectivity index (χ4v) is 2.90. The monoisotopic (exact) mass is 367 g/mol. The second-order valence-electron chi connectivity index (χ2n) is 7.81. The smallest absolute Gasteiger partial charge is 0 e. The first-order valence-electron chi connectivity index (χ1n) is 7.70. The molecule has 1 heteroatoms. The minimum atomic E-state index is 0. The molecule has 0 aliphatic carbocycles. The van der Waals surface area contributed by atoms with Crippen LogP contribution in [0.4, 0.5) is 0 Å². The molecule has 0 aliphatic rings. The zero-order chi connectivity index (χ0) is 15.7. The molecule has 115 valence electrons. The zero-order valence-corrected chi connectivity index (χ0v) is 17.6. The fourth-order valence-electron chi connectivity index (χ4n) is 2.90. The van der Waals surface area contributed by atoms with Crippen molar-refractivity contribution in [3.05, 3.63) is 70.8 Å². The second-order valence-corrected chi connectivity index (χ2v) is 7.81. The molecule has 0 heterocycles. The average molecular weight is 367 g/mol. The molecule has 0 aliphatic heterocycles. The van der Waals surface area contributed by atoms with Gasteiger partial charge < -0.3 is 0 Å². The summed E-state index contributed by atoms with van der Waals surface area (Å²) < 4.78 is 0. The van der Waals surface area contributed by atoms with E-state index in [1.165, 1.54) is 22.3 Å². The zero-order valence-electron chi connectivity index (χ0n) is 14.7. The third-order valence-electron chi connectivity index (χ3n) is 3.78. The van der Waals surface area contributed by atoms with Crippen molar-refractivity contribution in [2.75, 3.05) is 0 Å². The van der Waals surface area contributed by atoms with Gasteiger partial charge in [-0.1, -0.05) is 47.0 Å². The van der Waals surface area contributed by atoms with Crippen LogP contribution in [0.3, 0.4) is 0 Å². The first kappa shape index (κ1) is 19.6. The maximum atomic E-state index is 3.48. The number of hydrogen-bond acceptors (Lipinski definition) is 0. The first-order valence-corrected chi connectivity index (χ1v) is 7.70. The Morgan fingerprint density at radius 2 is 1.50 bits per heavy atom. The Labute approximate surface area is 161 Å². The van der Waals surface area contributed by atoms with Crippen molar-refractivity contribution in [3.8, 4) is 0 Å². The summed E-state index contributed by atoms with van der Waals surface area (Å²) in [5, 5.41) is 0. The molecule has 0 aromatic heterocycles. The van der Waals surface area contributed by atoms with E-state index in [9.17, 15) is 0 Å². The molecule has 0 unspecified atom stereocenters. The maximum absolute atomic E-state index is 3.48. The summed E-state index contributed by atoms with van der Waals surface area (Å²) in [4.78, 5) is 0. The van der Waals surface area contributed by atoms with Gasteiger partial charge in [-0.05, 0) is 11.8 Å². The molecular weight excluding hydrogens is 341 g/mol. The minimum Gasteiger partial charge on any atom is -0.180 e. The van der Waals surface area contributed by atoms with Gasteiger partial charge in [0.2, 0.25) is 0 Å². The summed E-state index contributed by atoms with van der Waals surface area (Å²) in [5.41, 5.74) is 5.66. The van der Waals surface area contributed by atoms with Crippen LogP contribution < -0.4 is 0 Å². The summed E-state index contributed by atoms with van der Waals surface area (Å²) in [6, 6.07) is 19.4. The standard InChI is InChI=1S/C21H26.Y/c1-20(2,3)18-14-10-13-17(19(18)21(4,5)6)15-16-11-8-7-9-12-16;/h7-11,14H,15H2,1-6H3;/q-2;. The van der Waals surface area contributed by atoms with Gasteiger partial charge >= 0.3 is 0 Å². The third-order valence-corrected chi connectivity index (χ3v) is 3.78. The molecular formula is C21H26Y-2. The van der Waals surface area contributed by atoms with Crippen LogP contribution in [0.25, 0.3) is 0 Å². The SMILES string of the molecule is CC(C)(C)c1cc[c-]c(Cc2[c-]cccc2)c1C(C)(C)C.[Y]. The van der Waals surface area contributed by atoms with Crippen LogP contribution in [-0.4, -0.2) is 0 Å². The van der Waals surface area contributed by atoms with Gasteiger partial charge in [-0.25, -0.2) is 0 Å². The van der Waals surface area contributed by atoms with Gasteiger partial charge in [-0.15, -0.1) is 11.1 Å². The molecule has 0 atom stereocenters. The van der Waals surface area contributed by atoms with Crippen molar-refractivity contribution in [2.45, 2.75) is 58.8 Å². The van der Waals surface area contributed by atoms with E-state index in [4.69, 9.17) is 0 Å². The molecule has 0 fully saturated rings. The largest absolute Gasteiger partial charge is 0.180 e. The Kier molecular flexibility index (Phi) is 6.60. The summed E-state index contributed by atoms with van der Waals surface area (Å²) >= 11 is 0. The molecule has 0 N–H and O–H groups in total. The summed E-state index contributed by atoms with van der Waals surface area (Å²) in [6.45, 7) is 13.7. The van der Waals surface area contributed by atoms with Crippen molar-refractivity contribution in [3.63, 3.8) is 0 Å². The average Bonchev–Trinajstić information content (AvgIpc) is 2.37. The van der Waals surface area contributed by atoms with Gasteiger partial charge in [0.15, 0.2) is 0 Å². The van der Waals surface area contributed by atoms with E-state index in [2.05, 4.69) is 77.9 Å². The molecule has 0 spiro atoms. The van der Waals surface area contributed by atoms with Gasteiger partial charge in [-0.2, -0.15) is 59.7 Å². The van der Waals surface area contributed by atoms with Crippen LogP contribution in [-0.2, 0) is 50.0 Å². The topological polar surface area (TPSA) is 0 Å². The maximum Gasteiger partial charge on any atom is 0 e. The van der Waals surface area contributed by atoms with Crippen LogP contribution in [0.1, 0.15) is 63.8 Å². The van der Waals surface area contributed by atoms with Crippen LogP contribution in [0.5, 0.6) is 0 Å². The van der Waals surface area contributed by atoms with Gasteiger partial charge in [0.25, 0.3) is 0 Å². The van der Waals surface area contributed by atoms with E-state index in [0.29, 0.717) is 0 Å². The Hall–Kier alpha value is -0.456. The van der Waals surface area contributed by atoms with E-state index >= 15 is 0 Å². The second kappa shape index (κ2) is 7.41. The Balaban J connectivity index is 0.00000242. The Bertz CT molecular complexity index is 598. The molecule has 2 rings (SSSR count). The summed E-state index contributed by atoms with van der Waals surface area (Å²) in [7, 11) is 0. The predicted octanol–water partition coefficient (Wildman–Crippen LogP) is 5.47. The van der Waals surface area contributed by atoms with Crippen LogP contribution in [0, 0.1) is 12.1 Å². The molecule has 0 saturated heterocycles. The fraction of sp³-hybridized carbons (Fsp3) is 0.429. The Morgan fingerprint density at radius 3 is 2.00 bits per heavy atom. The van der Waals surface area contributed by atoms with E-state index < -0.39 is 0 Å². The van der Waals surface area contributed by atoms with Gasteiger partial charge in [-0.3, -0.25) is 0 Å². The van der Waals surface area contributed by atoms with Gasteiger partial charge in [0, 0.05) is 32.7 Å². The van der Waals surface area contributed by atoms with Gasteiger partial charge in [0.05, 0.1) is 0 Å². The van der Waals surface area contributed by atoms with E-state index in [-0.39, 0.29) is 43.5 Å². The molecule has 1 radical (unpaired) electrons. The third kappa shape index (κ3) is 4.77. The predicted molar refractivity (Wildman–Crippen MR) is 90.8 cm³/mol. The van der Waals surface area contributed by atoms with Crippen molar-refractivity contribution < 1.29 is 32.7 Å². The molecule has 22 heavy (non-hydrogen) atoms. The first-order chi connectivity index (χ1) is 9.69. The van der Waals surface area contributed by atoms with Crippen LogP contribution in [0.15, 0.2) is 36.4 Å². The van der Waals surface area contributed by atoms with E-state index in [1.807, 2.05) is 12.1 Å². The van der Waals surface area contributed by atoms with Crippen molar-refractivity contribution in [1.82, 2.24) is 0 Å². The minimum absolute atomic E-state index is 0. The molecule has 0 nitrogen and oxygen atoms in total. The van der Waals surface area contributed by atoms with Crippen LogP contribution in [0.2, 0.25) is 0 Å². The number of rotatable bonds is 2. The van der Waals surface area contributed by atoms with E-state index in [1.54, 1.807) is 0 Å². The summed E-state index contributed by atoms with van der Waals surface area (Å²) in [5.74, 6) is 0. The van der Waals surface area contributed by atoms with Crippen molar-refractivity contribution in [2.24, 2.45) is 0 Å². The summed E-state index contributed by atoms with van der Waals surface area (Å²) in [6.07, 6.45) is 0.900. The number of hydrogen-bond donors (Lipinski definition) is 0.